The van der Waals surface area contributed by atoms with Gasteiger partial charge in [0.15, 0.2) is 0 Å². The van der Waals surface area contributed by atoms with E-state index < -0.39 is 0 Å². The number of hydrogen-bond acceptors (Lipinski definition) is 3. The molecule has 3 heterocycles. The van der Waals surface area contributed by atoms with Crippen LogP contribution in [0.1, 0.15) is 30.6 Å². The first-order chi connectivity index (χ1) is 12.3. The van der Waals surface area contributed by atoms with Crippen LogP contribution < -0.4 is 5.32 Å². The van der Waals surface area contributed by atoms with E-state index in [1.165, 1.54) is 5.56 Å². The molecule has 1 spiro atoms. The number of fused-ring (bicyclic) bond motifs is 1. The Morgan fingerprint density at radius 1 is 1.20 bits per heavy atom. The van der Waals surface area contributed by atoms with Crippen molar-refractivity contribution in [2.24, 2.45) is 11.3 Å². The molecule has 0 bridgehead atoms. The standard InChI is InChI=1S/C21H24N2O2/c24-20(17-13-21(17)7-9-22-10-8-21)23-11-6-16-12-18(25-19(16)14-23)15-4-2-1-3-5-15/h1-5,12,17,22H,6-11,13-14H2. The van der Waals surface area contributed by atoms with Crippen LogP contribution in [0.5, 0.6) is 0 Å². The third-order valence-corrected chi connectivity index (χ3v) is 6.34. The highest BCUT2D eigenvalue weighted by molar-refractivity contribution is 5.83. The molecule has 1 saturated heterocycles. The van der Waals surface area contributed by atoms with Crippen LogP contribution in [0.25, 0.3) is 11.3 Å². The first kappa shape index (κ1) is 15.2. The minimum Gasteiger partial charge on any atom is -0.459 e. The van der Waals surface area contributed by atoms with E-state index in [2.05, 4.69) is 23.5 Å². The van der Waals surface area contributed by atoms with Gasteiger partial charge in [-0.2, -0.15) is 0 Å². The van der Waals surface area contributed by atoms with Crippen molar-refractivity contribution < 1.29 is 9.21 Å². The van der Waals surface area contributed by atoms with Crippen molar-refractivity contribution in [2.45, 2.75) is 32.2 Å². The molecule has 25 heavy (non-hydrogen) atoms. The van der Waals surface area contributed by atoms with Gasteiger partial charge in [0.2, 0.25) is 5.91 Å². The lowest BCUT2D eigenvalue weighted by molar-refractivity contribution is -0.134. The van der Waals surface area contributed by atoms with E-state index in [1.54, 1.807) is 0 Å². The van der Waals surface area contributed by atoms with Gasteiger partial charge in [0.25, 0.3) is 0 Å². The second-order valence-electron chi connectivity index (χ2n) is 7.80. The number of nitrogens with one attached hydrogen (secondary N) is 1. The van der Waals surface area contributed by atoms with Crippen LogP contribution in [0.2, 0.25) is 0 Å². The van der Waals surface area contributed by atoms with Crippen molar-refractivity contribution in [3.63, 3.8) is 0 Å². The molecule has 4 nitrogen and oxygen atoms in total. The van der Waals surface area contributed by atoms with Crippen LogP contribution in [-0.2, 0) is 17.8 Å². The van der Waals surface area contributed by atoms with Gasteiger partial charge in [-0.15, -0.1) is 0 Å². The predicted molar refractivity (Wildman–Crippen MR) is 95.9 cm³/mol. The number of amides is 1. The number of nitrogens with zero attached hydrogens (tertiary/aromatic N) is 1. The average molecular weight is 336 g/mol. The summed E-state index contributed by atoms with van der Waals surface area (Å²) in [6, 6.07) is 12.4. The summed E-state index contributed by atoms with van der Waals surface area (Å²) in [4.78, 5) is 15.0. The normalized spacial score (nSPS) is 24.2. The van der Waals surface area contributed by atoms with Gasteiger partial charge >= 0.3 is 0 Å². The van der Waals surface area contributed by atoms with Gasteiger partial charge in [0.05, 0.1) is 6.54 Å². The molecule has 1 N–H and O–H groups in total. The maximum atomic E-state index is 13.0. The molecule has 130 valence electrons. The molecular weight excluding hydrogens is 312 g/mol. The molecule has 1 aromatic carbocycles. The SMILES string of the molecule is O=C(C1CC12CCNCC2)N1CCc2cc(-c3ccccc3)oc2C1. The second kappa shape index (κ2) is 5.73. The summed E-state index contributed by atoms with van der Waals surface area (Å²) in [5, 5.41) is 3.41. The molecule has 2 fully saturated rings. The second-order valence-corrected chi connectivity index (χ2v) is 7.80. The molecule has 1 aromatic heterocycles. The number of carbonyl (C=O) groups is 1. The van der Waals surface area contributed by atoms with E-state index in [-0.39, 0.29) is 5.92 Å². The highest BCUT2D eigenvalue weighted by Crippen LogP contribution is 2.59. The lowest BCUT2D eigenvalue weighted by Gasteiger charge is -2.29. The third kappa shape index (κ3) is 2.60. The average Bonchev–Trinajstić information content (AvgIpc) is 3.17. The zero-order chi connectivity index (χ0) is 16.9. The zero-order valence-corrected chi connectivity index (χ0v) is 14.5. The topological polar surface area (TPSA) is 45.5 Å². The van der Waals surface area contributed by atoms with E-state index in [0.717, 1.165) is 62.4 Å². The van der Waals surface area contributed by atoms with Crippen molar-refractivity contribution in [3.8, 4) is 11.3 Å². The first-order valence-corrected chi connectivity index (χ1v) is 9.42. The van der Waals surface area contributed by atoms with E-state index in [1.807, 2.05) is 23.1 Å². The fraction of sp³-hybridized carbons (Fsp3) is 0.476. The Kier molecular flexibility index (Phi) is 3.49. The molecule has 1 amide bonds. The quantitative estimate of drug-likeness (QED) is 0.916. The van der Waals surface area contributed by atoms with Gasteiger partial charge in [-0.1, -0.05) is 30.3 Å². The summed E-state index contributed by atoms with van der Waals surface area (Å²) in [5.74, 6) is 2.49. The summed E-state index contributed by atoms with van der Waals surface area (Å²) in [5.41, 5.74) is 2.67. The summed E-state index contributed by atoms with van der Waals surface area (Å²) < 4.78 is 6.11. The fourth-order valence-corrected chi connectivity index (χ4v) is 4.65. The number of rotatable bonds is 2. The van der Waals surface area contributed by atoms with E-state index in [9.17, 15) is 4.79 Å². The Morgan fingerprint density at radius 2 is 2.00 bits per heavy atom. The monoisotopic (exact) mass is 336 g/mol. The molecule has 1 atom stereocenters. The summed E-state index contributed by atoms with van der Waals surface area (Å²) >= 11 is 0. The minimum absolute atomic E-state index is 0.250. The maximum absolute atomic E-state index is 13.0. The Bertz CT molecular complexity index is 789. The van der Waals surface area contributed by atoms with Gasteiger partial charge in [0.1, 0.15) is 11.5 Å². The smallest absolute Gasteiger partial charge is 0.226 e. The number of furan rings is 1. The largest absolute Gasteiger partial charge is 0.459 e. The number of hydrogen-bond donors (Lipinski definition) is 1. The van der Waals surface area contributed by atoms with Crippen molar-refractivity contribution in [1.29, 1.82) is 0 Å². The predicted octanol–water partition coefficient (Wildman–Crippen LogP) is 3.22. The van der Waals surface area contributed by atoms with E-state index in [0.29, 0.717) is 17.9 Å². The molecule has 0 radical (unpaired) electrons. The molecule has 5 rings (SSSR count). The molecule has 2 aromatic rings. The van der Waals surface area contributed by atoms with Crippen molar-refractivity contribution >= 4 is 5.91 Å². The van der Waals surface area contributed by atoms with E-state index >= 15 is 0 Å². The molecule has 1 aliphatic carbocycles. The van der Waals surface area contributed by atoms with Gasteiger partial charge in [-0.25, -0.2) is 0 Å². The lowest BCUT2D eigenvalue weighted by Crippen LogP contribution is -2.39. The summed E-state index contributed by atoms with van der Waals surface area (Å²) in [6.07, 6.45) is 4.30. The Labute approximate surface area is 148 Å². The number of benzene rings is 1. The molecule has 1 unspecified atom stereocenters. The molecule has 1 saturated carbocycles. The first-order valence-electron chi connectivity index (χ1n) is 9.42. The summed E-state index contributed by atoms with van der Waals surface area (Å²) in [7, 11) is 0. The van der Waals surface area contributed by atoms with Crippen LogP contribution in [0, 0.1) is 11.3 Å². The summed E-state index contributed by atoms with van der Waals surface area (Å²) in [6.45, 7) is 3.58. The van der Waals surface area contributed by atoms with Crippen LogP contribution in [0.3, 0.4) is 0 Å². The molecule has 3 aliphatic rings. The number of piperidine rings is 1. The van der Waals surface area contributed by atoms with Gasteiger partial charge in [0, 0.05) is 18.0 Å². The molecular formula is C21H24N2O2. The third-order valence-electron chi connectivity index (χ3n) is 6.34. The lowest BCUT2D eigenvalue weighted by atomic mass is 9.91. The van der Waals surface area contributed by atoms with Crippen molar-refractivity contribution in [3.05, 3.63) is 47.7 Å². The zero-order valence-electron chi connectivity index (χ0n) is 14.5. The molecule has 4 heteroatoms. The van der Waals surface area contributed by atoms with Crippen LogP contribution in [-0.4, -0.2) is 30.4 Å². The fourth-order valence-electron chi connectivity index (χ4n) is 4.65. The van der Waals surface area contributed by atoms with Crippen LogP contribution in [0.4, 0.5) is 0 Å². The highest BCUT2D eigenvalue weighted by Gasteiger charge is 2.58. The Balaban J connectivity index is 1.31. The van der Waals surface area contributed by atoms with Crippen LogP contribution in [0.15, 0.2) is 40.8 Å². The maximum Gasteiger partial charge on any atom is 0.226 e. The minimum atomic E-state index is 0.250. The highest BCUT2D eigenvalue weighted by atomic mass is 16.3. The van der Waals surface area contributed by atoms with Crippen molar-refractivity contribution in [1.82, 2.24) is 10.2 Å². The number of carbonyl (C=O) groups excluding carboxylic acids is 1. The van der Waals surface area contributed by atoms with Crippen molar-refractivity contribution in [2.75, 3.05) is 19.6 Å². The Morgan fingerprint density at radius 3 is 2.80 bits per heavy atom. The van der Waals surface area contributed by atoms with Gasteiger partial charge in [-0.05, 0) is 55.8 Å². The van der Waals surface area contributed by atoms with Gasteiger partial charge < -0.3 is 14.6 Å². The molecule has 2 aliphatic heterocycles. The van der Waals surface area contributed by atoms with E-state index in [4.69, 9.17) is 4.42 Å². The van der Waals surface area contributed by atoms with Gasteiger partial charge in [-0.3, -0.25) is 4.79 Å². The Hall–Kier alpha value is -2.07. The van der Waals surface area contributed by atoms with Crippen LogP contribution >= 0.6 is 0 Å².